The molecule has 7 nitrogen and oxygen atoms in total. The summed E-state index contributed by atoms with van der Waals surface area (Å²) in [5.74, 6) is 1.53. The van der Waals surface area contributed by atoms with Crippen LogP contribution in [0, 0.1) is 0 Å². The molecule has 1 aliphatic heterocycles. The molecular formula is C18H24N4O3. The van der Waals surface area contributed by atoms with Gasteiger partial charge in [-0.3, -0.25) is 0 Å². The van der Waals surface area contributed by atoms with Gasteiger partial charge in [0.15, 0.2) is 0 Å². The van der Waals surface area contributed by atoms with Crippen molar-refractivity contribution < 1.29 is 14.3 Å². The van der Waals surface area contributed by atoms with Crippen LogP contribution in [0.1, 0.15) is 30.3 Å². The maximum Gasteiger partial charge on any atom is 0.315 e. The Morgan fingerprint density at radius 1 is 1.44 bits per heavy atom. The van der Waals surface area contributed by atoms with Crippen molar-refractivity contribution in [3.05, 3.63) is 48.0 Å². The smallest absolute Gasteiger partial charge is 0.315 e. The van der Waals surface area contributed by atoms with E-state index < -0.39 is 0 Å². The molecule has 0 saturated carbocycles. The van der Waals surface area contributed by atoms with Gasteiger partial charge in [0, 0.05) is 32.6 Å². The summed E-state index contributed by atoms with van der Waals surface area (Å²) in [6.45, 7) is 1.29. The van der Waals surface area contributed by atoms with Gasteiger partial charge in [-0.05, 0) is 30.5 Å². The second-order valence-corrected chi connectivity index (χ2v) is 6.09. The van der Waals surface area contributed by atoms with Crippen molar-refractivity contribution in [2.75, 3.05) is 20.3 Å². The molecule has 1 aliphatic rings. The molecule has 0 bridgehead atoms. The summed E-state index contributed by atoms with van der Waals surface area (Å²) in [5.41, 5.74) is 0.933. The first-order chi connectivity index (χ1) is 12.2. The van der Waals surface area contributed by atoms with Crippen molar-refractivity contribution in [2.45, 2.75) is 25.0 Å². The van der Waals surface area contributed by atoms with Gasteiger partial charge in [-0.2, -0.15) is 0 Å². The summed E-state index contributed by atoms with van der Waals surface area (Å²) in [7, 11) is 3.53. The molecule has 2 heterocycles. The molecule has 134 valence electrons. The molecule has 0 unspecified atom stereocenters. The Morgan fingerprint density at radius 2 is 2.24 bits per heavy atom. The number of nitrogens with one attached hydrogen (secondary N) is 2. The molecule has 1 fully saturated rings. The minimum absolute atomic E-state index is 0.110. The summed E-state index contributed by atoms with van der Waals surface area (Å²) in [6.07, 6.45) is 5.73. The van der Waals surface area contributed by atoms with E-state index in [-0.39, 0.29) is 18.2 Å². The highest BCUT2D eigenvalue weighted by Gasteiger charge is 2.22. The van der Waals surface area contributed by atoms with Crippen molar-refractivity contribution in [1.82, 2.24) is 20.2 Å². The normalized spacial score (nSPS) is 17.9. The molecule has 2 N–H and O–H groups in total. The fourth-order valence-electron chi connectivity index (χ4n) is 2.94. The number of ether oxygens (including phenoxy) is 2. The molecule has 0 aliphatic carbocycles. The van der Waals surface area contributed by atoms with E-state index in [4.69, 9.17) is 9.47 Å². The second-order valence-electron chi connectivity index (χ2n) is 6.09. The van der Waals surface area contributed by atoms with Gasteiger partial charge in [0.2, 0.25) is 0 Å². The monoisotopic (exact) mass is 344 g/mol. The lowest BCUT2D eigenvalue weighted by Gasteiger charge is -2.20. The van der Waals surface area contributed by atoms with Crippen molar-refractivity contribution >= 4 is 6.03 Å². The number of carbonyl (C=O) groups excluding carboxylic acids is 1. The average Bonchev–Trinajstić information content (AvgIpc) is 3.30. The highest BCUT2D eigenvalue weighted by atomic mass is 16.5. The lowest BCUT2D eigenvalue weighted by atomic mass is 10.1. The molecular weight excluding hydrogens is 320 g/mol. The Kier molecular flexibility index (Phi) is 5.55. The van der Waals surface area contributed by atoms with Crippen molar-refractivity contribution in [3.8, 4) is 5.75 Å². The third kappa shape index (κ3) is 4.30. The predicted octanol–water partition coefficient (Wildman–Crippen LogP) is 2.00. The number of rotatable bonds is 6. The van der Waals surface area contributed by atoms with Gasteiger partial charge in [0.25, 0.3) is 0 Å². The molecule has 3 rings (SSSR count). The number of imidazole rings is 1. The quantitative estimate of drug-likeness (QED) is 0.840. The highest BCUT2D eigenvalue weighted by molar-refractivity contribution is 5.74. The van der Waals surface area contributed by atoms with Gasteiger partial charge in [-0.1, -0.05) is 12.1 Å². The third-order valence-corrected chi connectivity index (χ3v) is 4.36. The van der Waals surface area contributed by atoms with Crippen LogP contribution in [0.25, 0.3) is 0 Å². The van der Waals surface area contributed by atoms with Gasteiger partial charge >= 0.3 is 6.03 Å². The third-order valence-electron chi connectivity index (χ3n) is 4.36. The number of methoxy groups -OCH3 is 1. The van der Waals surface area contributed by atoms with Gasteiger partial charge in [0.05, 0.1) is 13.2 Å². The summed E-state index contributed by atoms with van der Waals surface area (Å²) in [5, 5.41) is 5.90. The zero-order valence-electron chi connectivity index (χ0n) is 14.6. The number of nitrogens with zero attached hydrogens (tertiary/aromatic N) is 2. The van der Waals surface area contributed by atoms with Crippen molar-refractivity contribution in [2.24, 2.45) is 7.05 Å². The summed E-state index contributed by atoms with van der Waals surface area (Å²) in [6, 6.07) is 7.01. The van der Waals surface area contributed by atoms with Crippen LogP contribution in [-0.2, 0) is 11.8 Å². The van der Waals surface area contributed by atoms with Crippen LogP contribution >= 0.6 is 0 Å². The van der Waals surface area contributed by atoms with Crippen LogP contribution in [-0.4, -0.2) is 41.9 Å². The number of aryl methyl sites for hydroxylation is 1. The molecule has 2 atom stereocenters. The topological polar surface area (TPSA) is 77.4 Å². The summed E-state index contributed by atoms with van der Waals surface area (Å²) < 4.78 is 12.6. The highest BCUT2D eigenvalue weighted by Crippen LogP contribution is 2.23. The van der Waals surface area contributed by atoms with E-state index in [0.717, 1.165) is 36.6 Å². The van der Waals surface area contributed by atoms with Crippen LogP contribution in [0.3, 0.4) is 0 Å². The van der Waals surface area contributed by atoms with E-state index >= 15 is 0 Å². The molecule has 0 radical (unpaired) electrons. The van der Waals surface area contributed by atoms with Crippen LogP contribution in [0.2, 0.25) is 0 Å². The molecule has 7 heteroatoms. The molecule has 1 aromatic carbocycles. The Bertz CT molecular complexity index is 693. The Balaban J connectivity index is 1.71. The fourth-order valence-corrected chi connectivity index (χ4v) is 2.94. The molecule has 1 saturated heterocycles. The number of aromatic nitrogens is 2. The lowest BCUT2D eigenvalue weighted by molar-refractivity contribution is 0.111. The number of amides is 2. The first kappa shape index (κ1) is 17.3. The summed E-state index contributed by atoms with van der Waals surface area (Å²) >= 11 is 0. The maximum atomic E-state index is 12.4. The molecule has 0 spiro atoms. The zero-order valence-corrected chi connectivity index (χ0v) is 14.6. The Morgan fingerprint density at radius 3 is 2.84 bits per heavy atom. The van der Waals surface area contributed by atoms with E-state index in [2.05, 4.69) is 15.6 Å². The molecule has 1 aromatic heterocycles. The van der Waals surface area contributed by atoms with Crippen LogP contribution in [0.15, 0.2) is 36.7 Å². The average molecular weight is 344 g/mol. The minimum Gasteiger partial charge on any atom is -0.497 e. The van der Waals surface area contributed by atoms with E-state index in [1.807, 2.05) is 42.1 Å². The van der Waals surface area contributed by atoms with Crippen LogP contribution in [0.5, 0.6) is 5.75 Å². The first-order valence-corrected chi connectivity index (χ1v) is 8.44. The number of benzene rings is 1. The SMILES string of the molecule is COc1ccc([C@@H](NC(=O)NC[C@@H]2CCCO2)c2nccn2C)cc1. The number of urea groups is 1. The van der Waals surface area contributed by atoms with Gasteiger partial charge in [-0.15, -0.1) is 0 Å². The zero-order chi connectivity index (χ0) is 17.6. The number of hydrogen-bond donors (Lipinski definition) is 2. The van der Waals surface area contributed by atoms with Gasteiger partial charge < -0.3 is 24.7 Å². The van der Waals surface area contributed by atoms with Crippen molar-refractivity contribution in [1.29, 1.82) is 0 Å². The first-order valence-electron chi connectivity index (χ1n) is 8.44. The van der Waals surface area contributed by atoms with E-state index in [0.29, 0.717) is 6.54 Å². The molecule has 2 aromatic rings. The van der Waals surface area contributed by atoms with E-state index in [1.54, 1.807) is 13.3 Å². The lowest BCUT2D eigenvalue weighted by Crippen LogP contribution is -2.42. The second kappa shape index (κ2) is 8.02. The predicted molar refractivity (Wildman–Crippen MR) is 93.6 cm³/mol. The Labute approximate surface area is 147 Å². The Hall–Kier alpha value is -2.54. The largest absolute Gasteiger partial charge is 0.497 e. The van der Waals surface area contributed by atoms with Crippen LogP contribution in [0.4, 0.5) is 4.79 Å². The minimum atomic E-state index is -0.351. The van der Waals surface area contributed by atoms with Gasteiger partial charge in [0.1, 0.15) is 17.6 Å². The maximum absolute atomic E-state index is 12.4. The van der Waals surface area contributed by atoms with Crippen molar-refractivity contribution in [3.63, 3.8) is 0 Å². The summed E-state index contributed by atoms with van der Waals surface area (Å²) in [4.78, 5) is 16.8. The molecule has 2 amide bonds. The molecule has 25 heavy (non-hydrogen) atoms. The van der Waals surface area contributed by atoms with Crippen LogP contribution < -0.4 is 15.4 Å². The number of hydrogen-bond acceptors (Lipinski definition) is 4. The number of carbonyl (C=O) groups is 1. The standard InChI is InChI=1S/C18H24N4O3/c1-22-10-9-19-17(22)16(13-5-7-14(24-2)8-6-13)21-18(23)20-12-15-4-3-11-25-15/h5-10,15-16H,3-4,11-12H2,1-2H3,(H2,20,21,23)/t15-,16+/m0/s1. The van der Waals surface area contributed by atoms with E-state index in [9.17, 15) is 4.79 Å². The van der Waals surface area contributed by atoms with Gasteiger partial charge in [-0.25, -0.2) is 9.78 Å². The van der Waals surface area contributed by atoms with E-state index in [1.165, 1.54) is 0 Å². The fraction of sp³-hybridized carbons (Fsp3) is 0.444.